The molecule has 0 spiro atoms. The number of para-hydroxylation sites is 1. The lowest BCUT2D eigenvalue weighted by atomic mass is 10.0. The summed E-state index contributed by atoms with van der Waals surface area (Å²) in [6, 6.07) is 8.46. The third-order valence-electron chi connectivity index (χ3n) is 6.90. The first-order chi connectivity index (χ1) is 17.6. The van der Waals surface area contributed by atoms with E-state index in [4.69, 9.17) is 0 Å². The van der Waals surface area contributed by atoms with Gasteiger partial charge in [-0.15, -0.1) is 0 Å². The third-order valence-corrected chi connectivity index (χ3v) is 9.20. The van der Waals surface area contributed by atoms with Crippen LogP contribution in [0.1, 0.15) is 52.5 Å². The molecule has 37 heavy (non-hydrogen) atoms. The molecule has 2 amide bonds. The molecule has 2 aliphatic carbocycles. The minimum atomic E-state index is -3.86. The van der Waals surface area contributed by atoms with Crippen LogP contribution in [-0.2, 0) is 16.6 Å². The Morgan fingerprint density at radius 2 is 1.92 bits per heavy atom. The van der Waals surface area contributed by atoms with E-state index in [1.165, 1.54) is 34.0 Å². The fourth-order valence-electron chi connectivity index (χ4n) is 4.54. The van der Waals surface area contributed by atoms with E-state index in [0.717, 1.165) is 12.8 Å². The molecule has 1 atom stereocenters. The van der Waals surface area contributed by atoms with E-state index in [0.29, 0.717) is 22.9 Å². The van der Waals surface area contributed by atoms with Crippen LogP contribution in [0.3, 0.4) is 0 Å². The summed E-state index contributed by atoms with van der Waals surface area (Å²) in [6.07, 6.45) is 12.1. The van der Waals surface area contributed by atoms with Gasteiger partial charge >= 0.3 is 0 Å². The maximum atomic E-state index is 13.8. The summed E-state index contributed by atoms with van der Waals surface area (Å²) in [7, 11) is -2.45. The molecule has 1 unspecified atom stereocenters. The highest BCUT2D eigenvalue weighted by Crippen LogP contribution is 2.32. The van der Waals surface area contributed by atoms with Crippen molar-refractivity contribution in [2.75, 3.05) is 7.05 Å². The standard InChI is InChI=1S/C27H28N4O5S/c1-27(12-4-3-5-13-27)37(35,36)31-14-11-18-7-6-8-19(23(18)31)16-30-17-20(24(32)29-21-9-10-21)15-22(26(30)34)25(33)28-2/h3-8,11-12,14-15,17,21H,9-10,13,16H2,1-2H3,(H,28,33)(H,29,32). The number of hydrogen-bond acceptors (Lipinski definition) is 5. The van der Waals surface area contributed by atoms with Crippen LogP contribution < -0.4 is 16.2 Å². The second kappa shape index (κ2) is 9.19. The van der Waals surface area contributed by atoms with Gasteiger partial charge in [-0.25, -0.2) is 12.4 Å². The lowest BCUT2D eigenvalue weighted by molar-refractivity contribution is 0.0950. The first-order valence-corrected chi connectivity index (χ1v) is 13.5. The summed E-state index contributed by atoms with van der Waals surface area (Å²) in [5, 5.41) is 6.02. The number of aromatic nitrogens is 2. The van der Waals surface area contributed by atoms with Crippen LogP contribution in [-0.4, -0.2) is 46.6 Å². The molecule has 3 aromatic rings. The quantitative estimate of drug-likeness (QED) is 0.496. The molecule has 2 aromatic heterocycles. The average Bonchev–Trinajstić information content (AvgIpc) is 3.58. The number of carbonyl (C=O) groups is 2. The summed E-state index contributed by atoms with van der Waals surface area (Å²) in [5.74, 6) is -0.968. The molecule has 0 saturated heterocycles. The molecule has 10 heteroatoms. The first kappa shape index (κ1) is 24.8. The fraction of sp³-hybridized carbons (Fsp3) is 0.296. The number of benzene rings is 1. The lowest BCUT2D eigenvalue weighted by Crippen LogP contribution is -2.38. The second-order valence-corrected chi connectivity index (χ2v) is 12.0. The Kier molecular flexibility index (Phi) is 6.15. The van der Waals surface area contributed by atoms with Crippen LogP contribution in [0.2, 0.25) is 0 Å². The largest absolute Gasteiger partial charge is 0.355 e. The molecule has 192 valence electrons. The monoisotopic (exact) mass is 520 g/mol. The number of fused-ring (bicyclic) bond motifs is 1. The normalized spacial score (nSPS) is 19.2. The Hall–Kier alpha value is -3.92. The minimum absolute atomic E-state index is 0.0310. The predicted octanol–water partition coefficient (Wildman–Crippen LogP) is 2.56. The summed E-state index contributed by atoms with van der Waals surface area (Å²) in [4.78, 5) is 38.5. The van der Waals surface area contributed by atoms with Crippen LogP contribution >= 0.6 is 0 Å². The van der Waals surface area contributed by atoms with Gasteiger partial charge in [0.2, 0.25) is 10.0 Å². The Balaban J connectivity index is 1.62. The molecular weight excluding hydrogens is 492 g/mol. The van der Waals surface area contributed by atoms with Gasteiger partial charge in [-0.3, -0.25) is 14.4 Å². The van der Waals surface area contributed by atoms with E-state index in [1.807, 2.05) is 18.2 Å². The average molecular weight is 521 g/mol. The van der Waals surface area contributed by atoms with Gasteiger partial charge in [0.1, 0.15) is 10.3 Å². The van der Waals surface area contributed by atoms with Crippen LogP contribution in [0.15, 0.2) is 71.8 Å². The van der Waals surface area contributed by atoms with Crippen LogP contribution in [0.4, 0.5) is 0 Å². The fourth-order valence-corrected chi connectivity index (χ4v) is 6.23. The second-order valence-electron chi connectivity index (χ2n) is 9.68. The first-order valence-electron chi connectivity index (χ1n) is 12.1. The molecule has 2 aliphatic rings. The highest BCUT2D eigenvalue weighted by Gasteiger charge is 2.39. The van der Waals surface area contributed by atoms with Crippen molar-refractivity contribution in [3.63, 3.8) is 0 Å². The van der Waals surface area contributed by atoms with Crippen LogP contribution in [0, 0.1) is 0 Å². The number of rotatable bonds is 7. The number of allylic oxidation sites excluding steroid dienone is 3. The van der Waals surface area contributed by atoms with E-state index in [2.05, 4.69) is 10.6 Å². The molecule has 1 aromatic carbocycles. The number of nitrogens with one attached hydrogen (secondary N) is 2. The van der Waals surface area contributed by atoms with Crippen molar-refractivity contribution in [2.24, 2.45) is 0 Å². The van der Waals surface area contributed by atoms with Crippen LogP contribution in [0.25, 0.3) is 10.9 Å². The Bertz CT molecular complexity index is 1640. The number of hydrogen-bond donors (Lipinski definition) is 2. The highest BCUT2D eigenvalue weighted by atomic mass is 32.2. The van der Waals surface area contributed by atoms with Gasteiger partial charge in [-0.2, -0.15) is 0 Å². The van der Waals surface area contributed by atoms with Crippen molar-refractivity contribution in [1.29, 1.82) is 0 Å². The topological polar surface area (TPSA) is 119 Å². The van der Waals surface area contributed by atoms with Crippen molar-refractivity contribution >= 4 is 32.7 Å². The SMILES string of the molecule is CNC(=O)c1cc(C(=O)NC2CC2)cn(Cc2cccc3ccn(S(=O)(=O)C4(C)C=CC=CC4)c23)c1=O. The zero-order valence-electron chi connectivity index (χ0n) is 20.6. The van der Waals surface area contributed by atoms with Crippen molar-refractivity contribution in [1.82, 2.24) is 19.2 Å². The van der Waals surface area contributed by atoms with E-state index in [1.54, 1.807) is 37.3 Å². The number of amides is 2. The summed E-state index contributed by atoms with van der Waals surface area (Å²) in [6.45, 7) is 1.65. The molecule has 2 N–H and O–H groups in total. The Morgan fingerprint density at radius 3 is 2.59 bits per heavy atom. The summed E-state index contributed by atoms with van der Waals surface area (Å²) >= 11 is 0. The van der Waals surface area contributed by atoms with Crippen molar-refractivity contribution in [2.45, 2.75) is 43.5 Å². The van der Waals surface area contributed by atoms with Crippen molar-refractivity contribution in [3.05, 3.63) is 94.1 Å². The number of pyridine rings is 1. The molecule has 1 saturated carbocycles. The molecule has 9 nitrogen and oxygen atoms in total. The molecule has 0 aliphatic heterocycles. The summed E-state index contributed by atoms with van der Waals surface area (Å²) in [5.41, 5.74) is 0.468. The number of nitrogens with zero attached hydrogens (tertiary/aromatic N) is 2. The Labute approximate surface area is 214 Å². The molecule has 0 radical (unpaired) electrons. The van der Waals surface area contributed by atoms with Gasteiger partial charge < -0.3 is 15.2 Å². The van der Waals surface area contributed by atoms with Gasteiger partial charge in [0.25, 0.3) is 17.4 Å². The zero-order valence-corrected chi connectivity index (χ0v) is 21.4. The lowest BCUT2D eigenvalue weighted by Gasteiger charge is -2.27. The van der Waals surface area contributed by atoms with E-state index in [-0.39, 0.29) is 29.6 Å². The zero-order chi connectivity index (χ0) is 26.4. The third kappa shape index (κ3) is 4.42. The molecular formula is C27H28N4O5S. The minimum Gasteiger partial charge on any atom is -0.355 e. The van der Waals surface area contributed by atoms with Gasteiger partial charge in [-0.1, -0.05) is 42.5 Å². The van der Waals surface area contributed by atoms with Gasteiger partial charge in [0.05, 0.1) is 17.6 Å². The molecule has 1 fully saturated rings. The Morgan fingerprint density at radius 1 is 1.14 bits per heavy atom. The van der Waals surface area contributed by atoms with Crippen molar-refractivity contribution < 1.29 is 18.0 Å². The smallest absolute Gasteiger partial charge is 0.263 e. The van der Waals surface area contributed by atoms with Crippen LogP contribution in [0.5, 0.6) is 0 Å². The highest BCUT2D eigenvalue weighted by molar-refractivity contribution is 7.91. The van der Waals surface area contributed by atoms with Gasteiger partial charge in [-0.05, 0) is 43.9 Å². The number of carbonyl (C=O) groups excluding carboxylic acids is 2. The molecule has 0 bridgehead atoms. The molecule has 5 rings (SSSR count). The van der Waals surface area contributed by atoms with Gasteiger partial charge in [0.15, 0.2) is 0 Å². The van der Waals surface area contributed by atoms with Gasteiger partial charge in [0, 0.05) is 30.9 Å². The van der Waals surface area contributed by atoms with E-state index in [9.17, 15) is 22.8 Å². The predicted molar refractivity (Wildman–Crippen MR) is 141 cm³/mol. The molecule has 2 heterocycles. The van der Waals surface area contributed by atoms with E-state index < -0.39 is 26.2 Å². The van der Waals surface area contributed by atoms with E-state index >= 15 is 0 Å². The van der Waals surface area contributed by atoms with Crippen molar-refractivity contribution in [3.8, 4) is 0 Å². The maximum Gasteiger partial charge on any atom is 0.263 e. The maximum absolute atomic E-state index is 13.8. The summed E-state index contributed by atoms with van der Waals surface area (Å²) < 4.78 is 29.0.